The molecule has 2 heterocycles. The zero-order valence-electron chi connectivity index (χ0n) is 16.6. The zero-order valence-corrected chi connectivity index (χ0v) is 17.5. The fraction of sp³-hybridized carbons (Fsp3) is 0.421. The Morgan fingerprint density at radius 2 is 1.90 bits per heavy atom. The third-order valence-corrected chi connectivity index (χ3v) is 6.88. The van der Waals surface area contributed by atoms with Crippen molar-refractivity contribution in [1.82, 2.24) is 14.1 Å². The summed E-state index contributed by atoms with van der Waals surface area (Å²) in [5.41, 5.74) is 1.74. The lowest BCUT2D eigenvalue weighted by atomic mass is 10.1. The Morgan fingerprint density at radius 3 is 2.55 bits per heavy atom. The Kier molecular flexibility index (Phi) is 6.15. The van der Waals surface area contributed by atoms with Gasteiger partial charge in [0.05, 0.1) is 24.6 Å². The number of sulfonamides is 1. The van der Waals surface area contributed by atoms with Gasteiger partial charge in [-0.05, 0) is 32.9 Å². The van der Waals surface area contributed by atoms with Crippen LogP contribution < -0.4 is 5.32 Å². The monoisotopic (exact) mass is 420 g/mol. The summed E-state index contributed by atoms with van der Waals surface area (Å²) in [6, 6.07) is 6.63. The Bertz CT molecular complexity index is 1040. The summed E-state index contributed by atoms with van der Waals surface area (Å²) in [5.74, 6) is -0.468. The maximum absolute atomic E-state index is 13.0. The van der Waals surface area contributed by atoms with Crippen molar-refractivity contribution >= 4 is 27.4 Å². The Labute approximate surface area is 169 Å². The first-order valence-electron chi connectivity index (χ1n) is 9.23. The van der Waals surface area contributed by atoms with Gasteiger partial charge in [-0.25, -0.2) is 8.42 Å². The number of aryl methyl sites for hydroxylation is 1. The molecule has 1 amide bonds. The molecule has 1 aromatic heterocycles. The maximum Gasteiger partial charge on any atom is 0.246 e. The molecule has 1 aliphatic heterocycles. The Hall–Kier alpha value is -2.56. The van der Waals surface area contributed by atoms with Crippen molar-refractivity contribution in [1.29, 1.82) is 0 Å². The number of Topliss-reactive ketones (excluding diaryl/α,β-unsaturated/α-hetero) is 1. The standard InChI is InChI=1S/C19H24N4O5S/c1-13-19(29(26,27)22-7-9-28-10-8-22)14(2)23(21-13)12-18(25)20-17-6-4-5-16(11-17)15(3)24/h4-6,11H,7-10,12H2,1-3H3,(H,20,25). The highest BCUT2D eigenvalue weighted by molar-refractivity contribution is 7.89. The molecule has 10 heteroatoms. The van der Waals surface area contributed by atoms with E-state index in [0.29, 0.717) is 48.9 Å². The molecule has 9 nitrogen and oxygen atoms in total. The minimum Gasteiger partial charge on any atom is -0.379 e. The van der Waals surface area contributed by atoms with Crippen LogP contribution in [0.2, 0.25) is 0 Å². The number of hydrogen-bond donors (Lipinski definition) is 1. The van der Waals surface area contributed by atoms with Gasteiger partial charge in [0.25, 0.3) is 0 Å². The van der Waals surface area contributed by atoms with Crippen LogP contribution in [0, 0.1) is 13.8 Å². The summed E-state index contributed by atoms with van der Waals surface area (Å²) in [6.07, 6.45) is 0. The lowest BCUT2D eigenvalue weighted by Crippen LogP contribution is -2.41. The van der Waals surface area contributed by atoms with Gasteiger partial charge in [0.1, 0.15) is 11.4 Å². The van der Waals surface area contributed by atoms with E-state index in [4.69, 9.17) is 4.74 Å². The first kappa shape index (κ1) is 21.2. The van der Waals surface area contributed by atoms with E-state index >= 15 is 0 Å². The average Bonchev–Trinajstić information content (AvgIpc) is 2.96. The smallest absolute Gasteiger partial charge is 0.246 e. The number of aromatic nitrogens is 2. The molecular formula is C19H24N4O5S. The van der Waals surface area contributed by atoms with Crippen LogP contribution in [-0.4, -0.2) is 60.5 Å². The van der Waals surface area contributed by atoms with Gasteiger partial charge in [0, 0.05) is 24.3 Å². The topological polar surface area (TPSA) is 111 Å². The molecule has 2 aromatic rings. The Balaban J connectivity index is 1.78. The fourth-order valence-electron chi connectivity index (χ4n) is 3.28. The van der Waals surface area contributed by atoms with E-state index in [1.807, 2.05) is 0 Å². The molecule has 0 atom stereocenters. The van der Waals surface area contributed by atoms with Gasteiger partial charge in [-0.1, -0.05) is 12.1 Å². The number of hydrogen-bond acceptors (Lipinski definition) is 6. The van der Waals surface area contributed by atoms with Crippen LogP contribution in [-0.2, 0) is 26.1 Å². The lowest BCUT2D eigenvalue weighted by molar-refractivity contribution is -0.116. The third-order valence-electron chi connectivity index (χ3n) is 4.73. The molecule has 0 radical (unpaired) electrons. The summed E-state index contributed by atoms with van der Waals surface area (Å²) < 4.78 is 34.0. The van der Waals surface area contributed by atoms with E-state index in [-0.39, 0.29) is 23.1 Å². The predicted octanol–water partition coefficient (Wildman–Crippen LogP) is 1.36. The molecule has 0 bridgehead atoms. The number of amides is 1. The number of nitrogens with zero attached hydrogens (tertiary/aromatic N) is 3. The average molecular weight is 420 g/mol. The van der Waals surface area contributed by atoms with E-state index in [0.717, 1.165) is 0 Å². The van der Waals surface area contributed by atoms with Crippen LogP contribution in [0.15, 0.2) is 29.2 Å². The van der Waals surface area contributed by atoms with Crippen LogP contribution >= 0.6 is 0 Å². The van der Waals surface area contributed by atoms with E-state index in [1.165, 1.54) is 15.9 Å². The number of morpholine rings is 1. The van der Waals surface area contributed by atoms with Gasteiger partial charge >= 0.3 is 0 Å². The number of ketones is 1. The number of nitrogens with one attached hydrogen (secondary N) is 1. The van der Waals surface area contributed by atoms with Gasteiger partial charge in [-0.2, -0.15) is 9.40 Å². The van der Waals surface area contributed by atoms with Crippen molar-refractivity contribution in [3.63, 3.8) is 0 Å². The predicted molar refractivity (Wildman–Crippen MR) is 106 cm³/mol. The number of rotatable bonds is 6. The van der Waals surface area contributed by atoms with Crippen LogP contribution in [0.4, 0.5) is 5.69 Å². The molecule has 0 saturated carbocycles. The number of ether oxygens (including phenoxy) is 1. The maximum atomic E-state index is 13.0. The van der Waals surface area contributed by atoms with E-state index in [2.05, 4.69) is 10.4 Å². The zero-order chi connectivity index (χ0) is 21.2. The van der Waals surface area contributed by atoms with Crippen molar-refractivity contribution in [3.05, 3.63) is 41.2 Å². The fourth-order valence-corrected chi connectivity index (χ4v) is 5.06. The van der Waals surface area contributed by atoms with E-state index < -0.39 is 10.0 Å². The summed E-state index contributed by atoms with van der Waals surface area (Å²) >= 11 is 0. The molecule has 1 saturated heterocycles. The van der Waals surface area contributed by atoms with Gasteiger partial charge < -0.3 is 10.1 Å². The SMILES string of the molecule is CC(=O)c1cccc(NC(=O)Cn2nc(C)c(S(=O)(=O)N3CCOCC3)c2C)c1. The second-order valence-electron chi connectivity index (χ2n) is 6.86. The van der Waals surface area contributed by atoms with Crippen LogP contribution in [0.3, 0.4) is 0 Å². The molecular weight excluding hydrogens is 396 g/mol. The summed E-state index contributed by atoms with van der Waals surface area (Å²) in [4.78, 5) is 24.1. The third kappa shape index (κ3) is 4.55. The van der Waals surface area contributed by atoms with Crippen molar-refractivity contribution in [3.8, 4) is 0 Å². The molecule has 1 aliphatic rings. The van der Waals surface area contributed by atoms with E-state index in [9.17, 15) is 18.0 Å². The number of carbonyl (C=O) groups excluding carboxylic acids is 2. The van der Waals surface area contributed by atoms with Crippen molar-refractivity contribution in [2.45, 2.75) is 32.2 Å². The van der Waals surface area contributed by atoms with Crippen LogP contribution in [0.1, 0.15) is 28.7 Å². The van der Waals surface area contributed by atoms with Gasteiger partial charge in [-0.3, -0.25) is 14.3 Å². The molecule has 3 rings (SSSR count). The number of benzene rings is 1. The molecule has 1 aromatic carbocycles. The largest absolute Gasteiger partial charge is 0.379 e. The molecule has 1 fully saturated rings. The lowest BCUT2D eigenvalue weighted by Gasteiger charge is -2.26. The van der Waals surface area contributed by atoms with Crippen molar-refractivity contribution < 1.29 is 22.7 Å². The number of anilines is 1. The Morgan fingerprint density at radius 1 is 1.21 bits per heavy atom. The molecule has 1 N–H and O–H groups in total. The van der Waals surface area contributed by atoms with Gasteiger partial charge in [0.15, 0.2) is 5.78 Å². The normalized spacial score (nSPS) is 15.3. The summed E-state index contributed by atoms with van der Waals surface area (Å²) in [5, 5.41) is 6.98. The van der Waals surface area contributed by atoms with Gasteiger partial charge in [-0.15, -0.1) is 0 Å². The van der Waals surface area contributed by atoms with Crippen LogP contribution in [0.5, 0.6) is 0 Å². The highest BCUT2D eigenvalue weighted by Gasteiger charge is 2.32. The van der Waals surface area contributed by atoms with E-state index in [1.54, 1.807) is 38.1 Å². The van der Waals surface area contributed by atoms with Crippen molar-refractivity contribution in [2.75, 3.05) is 31.6 Å². The van der Waals surface area contributed by atoms with Crippen molar-refractivity contribution in [2.24, 2.45) is 0 Å². The van der Waals surface area contributed by atoms with Crippen LogP contribution in [0.25, 0.3) is 0 Å². The van der Waals surface area contributed by atoms with Gasteiger partial charge in [0.2, 0.25) is 15.9 Å². The highest BCUT2D eigenvalue weighted by atomic mass is 32.2. The summed E-state index contributed by atoms with van der Waals surface area (Å²) in [6.45, 7) is 5.85. The molecule has 0 unspecified atom stereocenters. The molecule has 0 spiro atoms. The quantitative estimate of drug-likeness (QED) is 0.707. The first-order valence-corrected chi connectivity index (χ1v) is 10.7. The second kappa shape index (κ2) is 8.44. The first-order chi connectivity index (χ1) is 13.7. The molecule has 29 heavy (non-hydrogen) atoms. The minimum absolute atomic E-state index is 0.0994. The highest BCUT2D eigenvalue weighted by Crippen LogP contribution is 2.24. The molecule has 0 aliphatic carbocycles. The number of carbonyl (C=O) groups is 2. The minimum atomic E-state index is -3.71. The summed E-state index contributed by atoms with van der Waals surface area (Å²) in [7, 11) is -3.71. The second-order valence-corrected chi connectivity index (χ2v) is 8.73. The molecule has 156 valence electrons.